The van der Waals surface area contributed by atoms with Crippen molar-refractivity contribution in [3.8, 4) is 61.3 Å². The van der Waals surface area contributed by atoms with Gasteiger partial charge < -0.3 is 4.57 Å². The molecule has 1 nitrogen and oxygen atoms in total. The zero-order valence-corrected chi connectivity index (χ0v) is 31.7. The molecule has 11 rings (SSSR count). The van der Waals surface area contributed by atoms with Crippen LogP contribution in [0.1, 0.15) is 49.9 Å². The van der Waals surface area contributed by atoms with Crippen LogP contribution in [0.3, 0.4) is 0 Å². The fourth-order valence-electron chi connectivity index (χ4n) is 9.89. The topological polar surface area (TPSA) is 4.93 Å². The Morgan fingerprint density at radius 1 is 0.309 bits per heavy atom. The van der Waals surface area contributed by atoms with Crippen LogP contribution in [0.5, 0.6) is 0 Å². The van der Waals surface area contributed by atoms with E-state index in [0.717, 1.165) is 0 Å². The summed E-state index contributed by atoms with van der Waals surface area (Å²) in [4.78, 5) is 0. The summed E-state index contributed by atoms with van der Waals surface area (Å²) < 4.78 is 2.43. The van der Waals surface area contributed by atoms with Gasteiger partial charge in [0.1, 0.15) is 0 Å². The molecule has 0 saturated carbocycles. The van der Waals surface area contributed by atoms with Gasteiger partial charge in [0, 0.05) is 27.3 Å². The van der Waals surface area contributed by atoms with Crippen LogP contribution in [0.4, 0.5) is 0 Å². The number of rotatable bonds is 4. The number of nitrogens with zero attached hydrogens (tertiary/aromatic N) is 1. The molecule has 0 spiro atoms. The van der Waals surface area contributed by atoms with E-state index in [1.165, 1.54) is 105 Å². The highest BCUT2D eigenvalue weighted by Gasteiger charge is 2.37. The summed E-state index contributed by atoms with van der Waals surface area (Å²) in [6.07, 6.45) is 0. The van der Waals surface area contributed by atoms with E-state index in [4.69, 9.17) is 0 Å². The summed E-state index contributed by atoms with van der Waals surface area (Å²) in [5, 5.41) is 2.54. The Hall–Kier alpha value is -6.44. The van der Waals surface area contributed by atoms with Crippen LogP contribution < -0.4 is 0 Å². The standard InChI is InChI=1S/C54H41N/c1-53(2)47-16-10-8-14-41(47)44-30-36(21-27-48(44)53)37-22-28-49-45(31-37)46-32-38(23-29-50(46)54(49,3)4)39-20-26-43-42-15-9-11-17-51(42)55(52(43)33-39)40-24-18-35(19-25-40)34-12-6-5-7-13-34/h5-33H,1-4H3. The molecule has 0 radical (unpaired) electrons. The molecule has 0 fully saturated rings. The summed E-state index contributed by atoms with van der Waals surface area (Å²) in [5.74, 6) is 0. The molecule has 1 heterocycles. The third kappa shape index (κ3) is 4.66. The molecule has 0 saturated heterocycles. The summed E-state index contributed by atoms with van der Waals surface area (Å²) >= 11 is 0. The lowest BCUT2D eigenvalue weighted by molar-refractivity contribution is 0.660. The number of benzene rings is 8. The molecule has 2 aliphatic carbocycles. The number of aromatic nitrogens is 1. The molecule has 0 bridgehead atoms. The predicted molar refractivity (Wildman–Crippen MR) is 232 cm³/mol. The maximum absolute atomic E-state index is 2.45. The fourth-order valence-corrected chi connectivity index (χ4v) is 9.89. The molecular weight excluding hydrogens is 663 g/mol. The molecular formula is C54H41N. The molecule has 1 heteroatoms. The lowest BCUT2D eigenvalue weighted by Crippen LogP contribution is -2.15. The van der Waals surface area contributed by atoms with E-state index in [-0.39, 0.29) is 10.8 Å². The summed E-state index contributed by atoms with van der Waals surface area (Å²) in [6.45, 7) is 9.45. The molecule has 2 aliphatic rings. The Labute approximate surface area is 323 Å². The van der Waals surface area contributed by atoms with E-state index >= 15 is 0 Å². The molecule has 262 valence electrons. The van der Waals surface area contributed by atoms with Crippen molar-refractivity contribution in [2.75, 3.05) is 0 Å². The average molecular weight is 704 g/mol. The van der Waals surface area contributed by atoms with Crippen molar-refractivity contribution in [2.24, 2.45) is 0 Å². The van der Waals surface area contributed by atoms with Gasteiger partial charge >= 0.3 is 0 Å². The SMILES string of the molecule is CC1(C)c2ccccc2-c2cc(-c3ccc4c(c3)-c3cc(-c5ccc6c7ccccc7n(-c7ccc(-c8ccccc8)cc7)c6c5)ccc3C4(C)C)ccc21. The fraction of sp³-hybridized carbons (Fsp3) is 0.111. The van der Waals surface area contributed by atoms with Gasteiger partial charge in [-0.3, -0.25) is 0 Å². The van der Waals surface area contributed by atoms with E-state index in [2.05, 4.69) is 208 Å². The molecule has 0 aliphatic heterocycles. The Morgan fingerprint density at radius 2 is 0.745 bits per heavy atom. The first-order valence-corrected chi connectivity index (χ1v) is 19.5. The predicted octanol–water partition coefficient (Wildman–Crippen LogP) is 14.4. The molecule has 55 heavy (non-hydrogen) atoms. The average Bonchev–Trinajstić information content (AvgIpc) is 3.77. The molecule has 0 N–H and O–H groups in total. The first-order chi connectivity index (χ1) is 26.8. The highest BCUT2D eigenvalue weighted by atomic mass is 15.0. The van der Waals surface area contributed by atoms with Gasteiger partial charge in [0.15, 0.2) is 0 Å². The van der Waals surface area contributed by atoms with Crippen molar-refractivity contribution in [2.45, 2.75) is 38.5 Å². The van der Waals surface area contributed by atoms with Crippen molar-refractivity contribution in [1.29, 1.82) is 0 Å². The van der Waals surface area contributed by atoms with Crippen molar-refractivity contribution in [1.82, 2.24) is 4.57 Å². The van der Waals surface area contributed by atoms with Crippen LogP contribution in [0.2, 0.25) is 0 Å². The zero-order chi connectivity index (χ0) is 37.1. The lowest BCUT2D eigenvalue weighted by Gasteiger charge is -2.22. The first kappa shape index (κ1) is 32.0. The van der Waals surface area contributed by atoms with Gasteiger partial charge in [-0.1, -0.05) is 161 Å². The second kappa shape index (κ2) is 11.5. The van der Waals surface area contributed by atoms with Crippen molar-refractivity contribution < 1.29 is 0 Å². The van der Waals surface area contributed by atoms with Gasteiger partial charge in [-0.25, -0.2) is 0 Å². The van der Waals surface area contributed by atoms with E-state index in [1.807, 2.05) is 0 Å². The molecule has 0 unspecified atom stereocenters. The number of para-hydroxylation sites is 1. The van der Waals surface area contributed by atoms with E-state index in [9.17, 15) is 0 Å². The van der Waals surface area contributed by atoms with E-state index in [1.54, 1.807) is 0 Å². The summed E-state index contributed by atoms with van der Waals surface area (Å²) in [5.41, 5.74) is 22.0. The lowest BCUT2D eigenvalue weighted by atomic mass is 9.81. The largest absolute Gasteiger partial charge is 0.309 e. The molecule has 8 aromatic carbocycles. The zero-order valence-electron chi connectivity index (χ0n) is 31.7. The number of hydrogen-bond donors (Lipinski definition) is 0. The Balaban J connectivity index is 1.02. The molecule has 0 atom stereocenters. The van der Waals surface area contributed by atoms with Gasteiger partial charge in [0.2, 0.25) is 0 Å². The molecule has 9 aromatic rings. The minimum Gasteiger partial charge on any atom is -0.309 e. The van der Waals surface area contributed by atoms with E-state index < -0.39 is 0 Å². The smallest absolute Gasteiger partial charge is 0.0547 e. The van der Waals surface area contributed by atoms with Crippen LogP contribution in [0, 0.1) is 0 Å². The van der Waals surface area contributed by atoms with E-state index in [0.29, 0.717) is 0 Å². The molecule has 1 aromatic heterocycles. The minimum atomic E-state index is -0.0785. The van der Waals surface area contributed by atoms with Crippen LogP contribution in [-0.4, -0.2) is 4.57 Å². The maximum atomic E-state index is 2.45. The summed E-state index contributed by atoms with van der Waals surface area (Å²) in [6, 6.07) is 65.7. The second-order valence-electron chi connectivity index (χ2n) is 16.6. The van der Waals surface area contributed by atoms with Crippen LogP contribution in [-0.2, 0) is 10.8 Å². The quantitative estimate of drug-likeness (QED) is 0.172. The normalized spacial score (nSPS) is 14.5. The molecule has 0 amide bonds. The van der Waals surface area contributed by atoms with Gasteiger partial charge in [-0.05, 0) is 120 Å². The van der Waals surface area contributed by atoms with Crippen molar-refractivity contribution in [3.63, 3.8) is 0 Å². The highest BCUT2D eigenvalue weighted by Crippen LogP contribution is 2.52. The van der Waals surface area contributed by atoms with Crippen molar-refractivity contribution in [3.05, 3.63) is 198 Å². The van der Waals surface area contributed by atoms with Crippen LogP contribution in [0.25, 0.3) is 83.1 Å². The van der Waals surface area contributed by atoms with Gasteiger partial charge in [-0.15, -0.1) is 0 Å². The van der Waals surface area contributed by atoms with Gasteiger partial charge in [0.05, 0.1) is 11.0 Å². The van der Waals surface area contributed by atoms with Gasteiger partial charge in [0.25, 0.3) is 0 Å². The first-order valence-electron chi connectivity index (χ1n) is 19.5. The highest BCUT2D eigenvalue weighted by molar-refractivity contribution is 6.10. The third-order valence-electron chi connectivity index (χ3n) is 12.8. The second-order valence-corrected chi connectivity index (χ2v) is 16.6. The number of hydrogen-bond acceptors (Lipinski definition) is 0. The van der Waals surface area contributed by atoms with Crippen molar-refractivity contribution >= 4 is 21.8 Å². The summed E-state index contributed by atoms with van der Waals surface area (Å²) in [7, 11) is 0. The third-order valence-corrected chi connectivity index (χ3v) is 12.8. The van der Waals surface area contributed by atoms with Crippen LogP contribution >= 0.6 is 0 Å². The Bertz CT molecular complexity index is 3010. The van der Waals surface area contributed by atoms with Gasteiger partial charge in [-0.2, -0.15) is 0 Å². The van der Waals surface area contributed by atoms with Crippen LogP contribution in [0.15, 0.2) is 176 Å². The Kier molecular flexibility index (Phi) is 6.72. The monoisotopic (exact) mass is 703 g/mol. The number of fused-ring (bicyclic) bond motifs is 9. The minimum absolute atomic E-state index is 0.00608. The Morgan fingerprint density at radius 3 is 1.38 bits per heavy atom. The maximum Gasteiger partial charge on any atom is 0.0547 e.